The van der Waals surface area contributed by atoms with Gasteiger partial charge in [0.25, 0.3) is 0 Å². The third-order valence-corrected chi connectivity index (χ3v) is 4.14. The second-order valence-electron chi connectivity index (χ2n) is 5.43. The summed E-state index contributed by atoms with van der Waals surface area (Å²) in [5.41, 5.74) is 2.08. The lowest BCUT2D eigenvalue weighted by Crippen LogP contribution is -2.53. The summed E-state index contributed by atoms with van der Waals surface area (Å²) in [7, 11) is 0. The molecule has 0 aliphatic carbocycles. The van der Waals surface area contributed by atoms with Gasteiger partial charge in [0.2, 0.25) is 0 Å². The van der Waals surface area contributed by atoms with Crippen LogP contribution in [-0.4, -0.2) is 33.6 Å². The van der Waals surface area contributed by atoms with Crippen LogP contribution in [0.15, 0.2) is 28.7 Å². The van der Waals surface area contributed by atoms with Crippen LogP contribution in [0.4, 0.5) is 5.82 Å². The highest BCUT2D eigenvalue weighted by Crippen LogP contribution is 2.36. The highest BCUT2D eigenvalue weighted by Gasteiger charge is 2.37. The maximum Gasteiger partial charge on any atom is 0.326 e. The number of fused-ring (bicyclic) bond motifs is 3. The molecule has 1 N–H and O–H groups in total. The van der Waals surface area contributed by atoms with Crippen molar-refractivity contribution in [3.05, 3.63) is 30.1 Å². The van der Waals surface area contributed by atoms with E-state index in [1.807, 2.05) is 31.2 Å². The molecule has 0 unspecified atom stereocenters. The molecular formula is C16H15N3O3. The van der Waals surface area contributed by atoms with E-state index in [1.165, 1.54) is 0 Å². The lowest BCUT2D eigenvalue weighted by Gasteiger charge is -2.38. The van der Waals surface area contributed by atoms with Gasteiger partial charge in [-0.05, 0) is 18.6 Å². The summed E-state index contributed by atoms with van der Waals surface area (Å²) in [6, 6.07) is 7.16. The molecule has 6 heteroatoms. The first-order valence-corrected chi connectivity index (χ1v) is 7.36. The van der Waals surface area contributed by atoms with Crippen molar-refractivity contribution in [3.63, 3.8) is 0 Å². The van der Waals surface area contributed by atoms with Crippen LogP contribution in [0.1, 0.15) is 19.2 Å². The first kappa shape index (κ1) is 13.1. The molecule has 0 radical (unpaired) electrons. The molecule has 3 aromatic rings. The first-order valence-electron chi connectivity index (χ1n) is 7.36. The van der Waals surface area contributed by atoms with Crippen molar-refractivity contribution in [2.75, 3.05) is 11.4 Å². The molecule has 2 aromatic heterocycles. The van der Waals surface area contributed by atoms with Crippen molar-refractivity contribution < 1.29 is 14.3 Å². The molecular weight excluding hydrogens is 282 g/mol. The van der Waals surface area contributed by atoms with Gasteiger partial charge in [-0.3, -0.25) is 0 Å². The van der Waals surface area contributed by atoms with Crippen LogP contribution in [-0.2, 0) is 11.2 Å². The number of anilines is 1. The zero-order chi connectivity index (χ0) is 15.3. The monoisotopic (exact) mass is 297 g/mol. The molecule has 22 heavy (non-hydrogen) atoms. The lowest BCUT2D eigenvalue weighted by molar-refractivity contribution is -0.140. The van der Waals surface area contributed by atoms with E-state index in [9.17, 15) is 9.90 Å². The van der Waals surface area contributed by atoms with Gasteiger partial charge >= 0.3 is 5.97 Å². The summed E-state index contributed by atoms with van der Waals surface area (Å²) < 4.78 is 5.91. The molecule has 6 nitrogen and oxygen atoms in total. The summed E-state index contributed by atoms with van der Waals surface area (Å²) in [4.78, 5) is 22.2. The molecule has 4 rings (SSSR count). The number of para-hydroxylation sites is 1. The number of hydrogen-bond acceptors (Lipinski definition) is 5. The van der Waals surface area contributed by atoms with Gasteiger partial charge in [0.05, 0.1) is 0 Å². The van der Waals surface area contributed by atoms with E-state index in [0.717, 1.165) is 16.5 Å². The Labute approximate surface area is 126 Å². The van der Waals surface area contributed by atoms with Gasteiger partial charge < -0.3 is 14.4 Å². The van der Waals surface area contributed by atoms with Crippen LogP contribution >= 0.6 is 0 Å². The summed E-state index contributed by atoms with van der Waals surface area (Å²) in [5.74, 6) is 0.467. The fourth-order valence-corrected chi connectivity index (χ4v) is 2.87. The number of furan rings is 1. The predicted molar refractivity (Wildman–Crippen MR) is 82.1 cm³/mol. The zero-order valence-electron chi connectivity index (χ0n) is 12.1. The van der Waals surface area contributed by atoms with E-state index in [0.29, 0.717) is 36.6 Å². The van der Waals surface area contributed by atoms with E-state index in [2.05, 4.69) is 9.97 Å². The van der Waals surface area contributed by atoms with Crippen LogP contribution in [0.2, 0.25) is 0 Å². The van der Waals surface area contributed by atoms with E-state index in [1.54, 1.807) is 4.90 Å². The van der Waals surface area contributed by atoms with Gasteiger partial charge in [-0.2, -0.15) is 0 Å². The normalized spacial score (nSPS) is 17.9. The number of hydrogen-bond donors (Lipinski definition) is 1. The first-order chi connectivity index (χ1) is 10.7. The fraction of sp³-hybridized carbons (Fsp3) is 0.312. The molecule has 0 bridgehead atoms. The molecule has 1 atom stereocenters. The summed E-state index contributed by atoms with van der Waals surface area (Å²) in [6.45, 7) is 2.65. The Hall–Kier alpha value is -2.63. The predicted octanol–water partition coefficient (Wildman–Crippen LogP) is 2.60. The Balaban J connectivity index is 1.98. The molecule has 3 heterocycles. The number of benzene rings is 1. The minimum atomic E-state index is -0.827. The minimum absolute atomic E-state index is 0.531. The van der Waals surface area contributed by atoms with Gasteiger partial charge in [-0.15, -0.1) is 0 Å². The van der Waals surface area contributed by atoms with Crippen molar-refractivity contribution in [1.82, 2.24) is 9.97 Å². The third kappa shape index (κ3) is 1.76. The minimum Gasteiger partial charge on any atom is -0.480 e. The van der Waals surface area contributed by atoms with Gasteiger partial charge in [0, 0.05) is 18.4 Å². The average molecular weight is 297 g/mol. The quantitative estimate of drug-likeness (QED) is 0.800. The number of carboxylic acid groups (broad SMARTS) is 1. The van der Waals surface area contributed by atoms with Gasteiger partial charge in [0.1, 0.15) is 23.0 Å². The molecule has 1 saturated heterocycles. The summed E-state index contributed by atoms with van der Waals surface area (Å²) in [5, 5.41) is 10.2. The fourth-order valence-electron chi connectivity index (χ4n) is 2.87. The van der Waals surface area contributed by atoms with Crippen LogP contribution in [0.3, 0.4) is 0 Å². The molecule has 0 saturated carbocycles. The number of nitrogens with zero attached hydrogens (tertiary/aromatic N) is 3. The molecule has 0 spiro atoms. The van der Waals surface area contributed by atoms with Crippen LogP contribution in [0, 0.1) is 0 Å². The number of aryl methyl sites for hydroxylation is 1. The lowest BCUT2D eigenvalue weighted by atomic mass is 10.0. The van der Waals surface area contributed by atoms with Gasteiger partial charge in [-0.25, -0.2) is 14.8 Å². The second-order valence-corrected chi connectivity index (χ2v) is 5.43. The summed E-state index contributed by atoms with van der Waals surface area (Å²) >= 11 is 0. The van der Waals surface area contributed by atoms with Crippen LogP contribution in [0.5, 0.6) is 0 Å². The molecule has 1 aliphatic rings. The van der Waals surface area contributed by atoms with Crippen molar-refractivity contribution in [2.45, 2.75) is 25.8 Å². The second kappa shape index (κ2) is 4.69. The molecule has 1 fully saturated rings. The largest absolute Gasteiger partial charge is 0.480 e. The zero-order valence-corrected chi connectivity index (χ0v) is 12.1. The number of carbonyl (C=O) groups is 1. The third-order valence-electron chi connectivity index (χ3n) is 4.14. The Bertz CT molecular complexity index is 887. The number of carboxylic acids is 1. The highest BCUT2D eigenvalue weighted by molar-refractivity contribution is 6.06. The van der Waals surface area contributed by atoms with Crippen molar-refractivity contribution in [2.24, 2.45) is 0 Å². The van der Waals surface area contributed by atoms with Gasteiger partial charge in [-0.1, -0.05) is 19.1 Å². The number of aromatic nitrogens is 2. The van der Waals surface area contributed by atoms with E-state index >= 15 is 0 Å². The Kier molecular flexibility index (Phi) is 2.79. The van der Waals surface area contributed by atoms with E-state index in [-0.39, 0.29) is 0 Å². The maximum absolute atomic E-state index is 11.3. The molecule has 1 aliphatic heterocycles. The van der Waals surface area contributed by atoms with E-state index < -0.39 is 12.0 Å². The molecule has 0 amide bonds. The number of rotatable bonds is 3. The molecule has 1 aromatic carbocycles. The van der Waals surface area contributed by atoms with Crippen molar-refractivity contribution in [3.8, 4) is 0 Å². The van der Waals surface area contributed by atoms with Crippen LogP contribution < -0.4 is 4.90 Å². The summed E-state index contributed by atoms with van der Waals surface area (Å²) in [6.07, 6.45) is 1.32. The standard InChI is InChI=1S/C16H15N3O3/c1-2-12-17-13-9-5-3-4-6-11(9)22-14(13)15(18-12)19-8-7-10(19)16(20)21/h3-6,10H,2,7-8H2,1H3,(H,20,21)/t10-/m0/s1. The van der Waals surface area contributed by atoms with E-state index in [4.69, 9.17) is 4.42 Å². The Morgan fingerprint density at radius 2 is 2.23 bits per heavy atom. The Morgan fingerprint density at radius 1 is 1.41 bits per heavy atom. The average Bonchev–Trinajstić information content (AvgIpc) is 2.84. The Morgan fingerprint density at radius 3 is 2.91 bits per heavy atom. The smallest absolute Gasteiger partial charge is 0.326 e. The van der Waals surface area contributed by atoms with Crippen molar-refractivity contribution in [1.29, 1.82) is 0 Å². The number of aliphatic carboxylic acids is 1. The highest BCUT2D eigenvalue weighted by atomic mass is 16.4. The topological polar surface area (TPSA) is 79.5 Å². The molecule has 112 valence electrons. The van der Waals surface area contributed by atoms with Crippen molar-refractivity contribution >= 4 is 33.9 Å². The van der Waals surface area contributed by atoms with Crippen LogP contribution in [0.25, 0.3) is 22.1 Å². The maximum atomic E-state index is 11.3. The van der Waals surface area contributed by atoms with Gasteiger partial charge in [0.15, 0.2) is 11.4 Å². The SMILES string of the molecule is CCc1nc(N2CC[C@H]2C(=O)O)c2oc3ccccc3c2n1.